The lowest BCUT2D eigenvalue weighted by Gasteiger charge is -2.35. The summed E-state index contributed by atoms with van der Waals surface area (Å²) in [6, 6.07) is 5.20. The molecular formula is C15H22N2O2. The maximum absolute atomic E-state index is 12.6. The molecule has 1 aliphatic heterocycles. The van der Waals surface area contributed by atoms with Gasteiger partial charge in [0.2, 0.25) is 0 Å². The van der Waals surface area contributed by atoms with Gasteiger partial charge in [0.05, 0.1) is 12.7 Å². The standard InChI is InChI=1S/C15H22N2O2/c1-10-6-11(2)9-17(8-10)15(18)13-7-12(16)4-5-14(13)19-3/h4-5,7,10-11H,6,8-9,16H2,1-3H3/t10-,11-/m0/s1. The van der Waals surface area contributed by atoms with Gasteiger partial charge >= 0.3 is 0 Å². The van der Waals surface area contributed by atoms with Crippen LogP contribution in [0.3, 0.4) is 0 Å². The normalized spacial score (nSPS) is 23.2. The lowest BCUT2D eigenvalue weighted by Crippen LogP contribution is -2.42. The third-order valence-corrected chi connectivity index (χ3v) is 3.61. The van der Waals surface area contributed by atoms with Crippen molar-refractivity contribution in [2.24, 2.45) is 11.8 Å². The summed E-state index contributed by atoms with van der Waals surface area (Å²) < 4.78 is 5.26. The Balaban J connectivity index is 2.26. The first-order chi connectivity index (χ1) is 9.01. The predicted molar refractivity (Wildman–Crippen MR) is 76.3 cm³/mol. The topological polar surface area (TPSA) is 55.6 Å². The van der Waals surface area contributed by atoms with E-state index in [4.69, 9.17) is 10.5 Å². The third-order valence-electron chi connectivity index (χ3n) is 3.61. The number of amides is 1. The lowest BCUT2D eigenvalue weighted by atomic mass is 9.91. The van der Waals surface area contributed by atoms with E-state index in [9.17, 15) is 4.79 Å². The zero-order chi connectivity index (χ0) is 14.0. The third kappa shape index (κ3) is 3.00. The molecule has 104 valence electrons. The fourth-order valence-corrected chi connectivity index (χ4v) is 2.89. The summed E-state index contributed by atoms with van der Waals surface area (Å²) in [5.41, 5.74) is 6.92. The maximum Gasteiger partial charge on any atom is 0.257 e. The summed E-state index contributed by atoms with van der Waals surface area (Å²) >= 11 is 0. The minimum absolute atomic E-state index is 0.0163. The number of methoxy groups -OCH3 is 1. The van der Waals surface area contributed by atoms with E-state index in [1.165, 1.54) is 6.42 Å². The van der Waals surface area contributed by atoms with Crippen molar-refractivity contribution in [1.82, 2.24) is 4.90 Å². The molecule has 0 aromatic heterocycles. The van der Waals surface area contributed by atoms with Crippen molar-refractivity contribution < 1.29 is 9.53 Å². The number of hydrogen-bond donors (Lipinski definition) is 1. The van der Waals surface area contributed by atoms with Gasteiger partial charge in [-0.2, -0.15) is 0 Å². The molecule has 4 nitrogen and oxygen atoms in total. The van der Waals surface area contributed by atoms with Crippen molar-refractivity contribution in [3.63, 3.8) is 0 Å². The Labute approximate surface area is 114 Å². The molecule has 0 radical (unpaired) electrons. The number of piperidine rings is 1. The molecule has 2 N–H and O–H groups in total. The first-order valence-corrected chi connectivity index (χ1v) is 6.74. The van der Waals surface area contributed by atoms with E-state index in [1.807, 2.05) is 4.90 Å². The Morgan fingerprint density at radius 1 is 1.32 bits per heavy atom. The second-order valence-electron chi connectivity index (χ2n) is 5.62. The molecule has 0 unspecified atom stereocenters. The van der Waals surface area contributed by atoms with E-state index in [0.717, 1.165) is 13.1 Å². The maximum atomic E-state index is 12.6. The van der Waals surface area contributed by atoms with E-state index >= 15 is 0 Å². The number of nitrogens with zero attached hydrogens (tertiary/aromatic N) is 1. The molecule has 1 aromatic rings. The van der Waals surface area contributed by atoms with Gasteiger partial charge in [0.15, 0.2) is 0 Å². The second kappa shape index (κ2) is 5.51. The molecule has 2 rings (SSSR count). The summed E-state index contributed by atoms with van der Waals surface area (Å²) in [4.78, 5) is 14.5. The van der Waals surface area contributed by atoms with E-state index in [1.54, 1.807) is 25.3 Å². The number of benzene rings is 1. The van der Waals surface area contributed by atoms with Crippen LogP contribution in [-0.4, -0.2) is 31.0 Å². The molecule has 0 aliphatic carbocycles. The summed E-state index contributed by atoms with van der Waals surface area (Å²) in [5.74, 6) is 1.69. The van der Waals surface area contributed by atoms with Crippen molar-refractivity contribution in [1.29, 1.82) is 0 Å². The van der Waals surface area contributed by atoms with Gasteiger partial charge in [-0.15, -0.1) is 0 Å². The Kier molecular flexibility index (Phi) is 3.98. The molecule has 0 saturated carbocycles. The van der Waals surface area contributed by atoms with Crippen LogP contribution in [0, 0.1) is 11.8 Å². The van der Waals surface area contributed by atoms with Crippen LogP contribution in [0.25, 0.3) is 0 Å². The van der Waals surface area contributed by atoms with Crippen LogP contribution >= 0.6 is 0 Å². The number of hydrogen-bond acceptors (Lipinski definition) is 3. The number of likely N-dealkylation sites (tertiary alicyclic amines) is 1. The lowest BCUT2D eigenvalue weighted by molar-refractivity contribution is 0.0620. The highest BCUT2D eigenvalue weighted by Gasteiger charge is 2.27. The van der Waals surface area contributed by atoms with Crippen LogP contribution in [-0.2, 0) is 0 Å². The molecule has 19 heavy (non-hydrogen) atoms. The summed E-state index contributed by atoms with van der Waals surface area (Å²) in [6.45, 7) is 5.99. The highest BCUT2D eigenvalue weighted by atomic mass is 16.5. The van der Waals surface area contributed by atoms with Crippen LogP contribution in [0.2, 0.25) is 0 Å². The van der Waals surface area contributed by atoms with Crippen molar-refractivity contribution in [2.45, 2.75) is 20.3 Å². The van der Waals surface area contributed by atoms with Gasteiger partial charge in [0, 0.05) is 18.8 Å². The highest BCUT2D eigenvalue weighted by molar-refractivity contribution is 5.97. The van der Waals surface area contributed by atoms with Gasteiger partial charge < -0.3 is 15.4 Å². The molecule has 1 heterocycles. The summed E-state index contributed by atoms with van der Waals surface area (Å²) in [5, 5.41) is 0. The largest absolute Gasteiger partial charge is 0.496 e. The van der Waals surface area contributed by atoms with Crippen LogP contribution < -0.4 is 10.5 Å². The number of rotatable bonds is 2. The van der Waals surface area contributed by atoms with E-state index < -0.39 is 0 Å². The Bertz CT molecular complexity index is 463. The molecule has 1 fully saturated rings. The average Bonchev–Trinajstić information content (AvgIpc) is 2.36. The number of nitrogen functional groups attached to an aromatic ring is 1. The zero-order valence-electron chi connectivity index (χ0n) is 11.8. The molecule has 1 aromatic carbocycles. The van der Waals surface area contributed by atoms with Gasteiger partial charge in [-0.25, -0.2) is 0 Å². The molecule has 1 amide bonds. The Morgan fingerprint density at radius 2 is 1.95 bits per heavy atom. The van der Waals surface area contributed by atoms with Gasteiger partial charge in [0.1, 0.15) is 5.75 Å². The SMILES string of the molecule is COc1ccc(N)cc1C(=O)N1C[C@@H](C)C[C@H](C)C1. The minimum Gasteiger partial charge on any atom is -0.496 e. The number of ether oxygens (including phenoxy) is 1. The highest BCUT2D eigenvalue weighted by Crippen LogP contribution is 2.27. The number of anilines is 1. The van der Waals surface area contributed by atoms with Gasteiger partial charge in [0.25, 0.3) is 5.91 Å². The minimum atomic E-state index is 0.0163. The predicted octanol–water partition coefficient (Wildman–Crippen LogP) is 2.40. The first kappa shape index (κ1) is 13.7. The molecule has 1 saturated heterocycles. The van der Waals surface area contributed by atoms with Crippen LogP contribution in [0.15, 0.2) is 18.2 Å². The molecule has 0 bridgehead atoms. The van der Waals surface area contributed by atoms with Crippen molar-refractivity contribution in [3.8, 4) is 5.75 Å². The van der Waals surface area contributed by atoms with Crippen molar-refractivity contribution in [3.05, 3.63) is 23.8 Å². The number of carbonyl (C=O) groups excluding carboxylic acids is 1. The van der Waals surface area contributed by atoms with Crippen molar-refractivity contribution >= 4 is 11.6 Å². The fraction of sp³-hybridized carbons (Fsp3) is 0.533. The smallest absolute Gasteiger partial charge is 0.257 e. The second-order valence-corrected chi connectivity index (χ2v) is 5.62. The van der Waals surface area contributed by atoms with Crippen molar-refractivity contribution in [2.75, 3.05) is 25.9 Å². The molecule has 0 spiro atoms. The molecular weight excluding hydrogens is 240 g/mol. The molecule has 4 heteroatoms. The molecule has 1 aliphatic rings. The fourth-order valence-electron chi connectivity index (χ4n) is 2.89. The van der Waals surface area contributed by atoms with Crippen LogP contribution in [0.4, 0.5) is 5.69 Å². The monoisotopic (exact) mass is 262 g/mol. The molecule has 2 atom stereocenters. The quantitative estimate of drug-likeness (QED) is 0.833. The van der Waals surface area contributed by atoms with Gasteiger partial charge in [-0.3, -0.25) is 4.79 Å². The summed E-state index contributed by atoms with van der Waals surface area (Å²) in [7, 11) is 1.57. The average molecular weight is 262 g/mol. The summed E-state index contributed by atoms with van der Waals surface area (Å²) in [6.07, 6.45) is 1.18. The van der Waals surface area contributed by atoms with E-state index in [0.29, 0.717) is 28.8 Å². The van der Waals surface area contributed by atoms with Gasteiger partial charge in [-0.05, 0) is 36.5 Å². The van der Waals surface area contributed by atoms with Crippen LogP contribution in [0.1, 0.15) is 30.6 Å². The Morgan fingerprint density at radius 3 is 2.53 bits per heavy atom. The zero-order valence-corrected chi connectivity index (χ0v) is 11.8. The Hall–Kier alpha value is -1.71. The van der Waals surface area contributed by atoms with E-state index in [-0.39, 0.29) is 5.91 Å². The van der Waals surface area contributed by atoms with Crippen LogP contribution in [0.5, 0.6) is 5.75 Å². The number of nitrogens with two attached hydrogens (primary N) is 1. The van der Waals surface area contributed by atoms with E-state index in [2.05, 4.69) is 13.8 Å². The first-order valence-electron chi connectivity index (χ1n) is 6.74. The van der Waals surface area contributed by atoms with Gasteiger partial charge in [-0.1, -0.05) is 13.8 Å². The number of carbonyl (C=O) groups is 1.